The van der Waals surface area contributed by atoms with Crippen LogP contribution in [0.15, 0.2) is 18.2 Å². The van der Waals surface area contributed by atoms with E-state index in [0.717, 1.165) is 24.3 Å². The van der Waals surface area contributed by atoms with Crippen molar-refractivity contribution < 1.29 is 9.84 Å². The van der Waals surface area contributed by atoms with Crippen molar-refractivity contribution in [3.63, 3.8) is 0 Å². The van der Waals surface area contributed by atoms with Gasteiger partial charge in [-0.2, -0.15) is 0 Å². The SMILES string of the molecule is CC1CN(c2ccc([C@@H](C)O)cc2Cl)CC(C)(C)O1. The largest absolute Gasteiger partial charge is 0.389 e. The van der Waals surface area contributed by atoms with E-state index in [2.05, 4.69) is 25.7 Å². The number of halogens is 1. The normalized spacial score (nSPS) is 24.3. The molecule has 1 fully saturated rings. The number of benzene rings is 1. The molecule has 4 heteroatoms. The number of aliphatic hydroxyl groups is 1. The molecule has 19 heavy (non-hydrogen) atoms. The van der Waals surface area contributed by atoms with Crippen LogP contribution in [-0.2, 0) is 4.74 Å². The van der Waals surface area contributed by atoms with Gasteiger partial charge in [-0.1, -0.05) is 17.7 Å². The molecule has 0 bridgehead atoms. The van der Waals surface area contributed by atoms with Gasteiger partial charge in [-0.05, 0) is 45.4 Å². The zero-order valence-electron chi connectivity index (χ0n) is 12.0. The fourth-order valence-corrected chi connectivity index (χ4v) is 2.99. The lowest BCUT2D eigenvalue weighted by Crippen LogP contribution is -2.52. The fourth-order valence-electron chi connectivity index (χ4n) is 2.68. The van der Waals surface area contributed by atoms with Gasteiger partial charge < -0.3 is 14.7 Å². The molecule has 0 aromatic heterocycles. The van der Waals surface area contributed by atoms with Gasteiger partial charge in [0.2, 0.25) is 0 Å². The molecule has 2 atom stereocenters. The highest BCUT2D eigenvalue weighted by Crippen LogP contribution is 2.33. The highest BCUT2D eigenvalue weighted by atomic mass is 35.5. The molecule has 1 saturated heterocycles. The molecule has 106 valence electrons. The molecule has 0 aliphatic carbocycles. The van der Waals surface area contributed by atoms with Crippen molar-refractivity contribution in [1.29, 1.82) is 0 Å². The van der Waals surface area contributed by atoms with Gasteiger partial charge in [0.05, 0.1) is 28.5 Å². The topological polar surface area (TPSA) is 32.7 Å². The lowest BCUT2D eigenvalue weighted by Gasteiger charge is -2.43. The summed E-state index contributed by atoms with van der Waals surface area (Å²) in [5.41, 5.74) is 1.67. The minimum atomic E-state index is -0.494. The van der Waals surface area contributed by atoms with E-state index in [1.165, 1.54) is 0 Å². The van der Waals surface area contributed by atoms with Gasteiger partial charge in [0.15, 0.2) is 0 Å². The van der Waals surface area contributed by atoms with Gasteiger partial charge >= 0.3 is 0 Å². The second kappa shape index (κ2) is 5.31. The monoisotopic (exact) mass is 283 g/mol. The van der Waals surface area contributed by atoms with Crippen LogP contribution in [0.1, 0.15) is 39.4 Å². The summed E-state index contributed by atoms with van der Waals surface area (Å²) < 4.78 is 5.90. The Morgan fingerprint density at radius 1 is 1.47 bits per heavy atom. The molecule has 1 unspecified atom stereocenters. The first-order valence-corrected chi connectivity index (χ1v) is 7.06. The van der Waals surface area contributed by atoms with Crippen molar-refractivity contribution in [3.8, 4) is 0 Å². The number of nitrogens with zero attached hydrogens (tertiary/aromatic N) is 1. The molecule has 0 amide bonds. The van der Waals surface area contributed by atoms with E-state index >= 15 is 0 Å². The minimum Gasteiger partial charge on any atom is -0.389 e. The average Bonchev–Trinajstić information content (AvgIpc) is 2.25. The van der Waals surface area contributed by atoms with Gasteiger partial charge in [0.25, 0.3) is 0 Å². The average molecular weight is 284 g/mol. The second-order valence-electron chi connectivity index (χ2n) is 5.96. The molecule has 2 rings (SSSR count). The van der Waals surface area contributed by atoms with Crippen molar-refractivity contribution in [2.45, 2.75) is 45.5 Å². The van der Waals surface area contributed by atoms with Gasteiger partial charge in [-0.25, -0.2) is 0 Å². The van der Waals surface area contributed by atoms with Crippen molar-refractivity contribution in [2.24, 2.45) is 0 Å². The zero-order valence-corrected chi connectivity index (χ0v) is 12.7. The maximum absolute atomic E-state index is 9.58. The Hall–Kier alpha value is -0.770. The smallest absolute Gasteiger partial charge is 0.0805 e. The molecular formula is C15H22ClNO2. The molecular weight excluding hydrogens is 262 g/mol. The maximum Gasteiger partial charge on any atom is 0.0805 e. The predicted octanol–water partition coefficient (Wildman–Crippen LogP) is 3.40. The van der Waals surface area contributed by atoms with Crippen molar-refractivity contribution >= 4 is 17.3 Å². The number of hydrogen-bond acceptors (Lipinski definition) is 3. The van der Waals surface area contributed by atoms with Crippen LogP contribution in [0.3, 0.4) is 0 Å². The van der Waals surface area contributed by atoms with Crippen LogP contribution in [0.4, 0.5) is 5.69 Å². The summed E-state index contributed by atoms with van der Waals surface area (Å²) in [5.74, 6) is 0. The second-order valence-corrected chi connectivity index (χ2v) is 6.36. The molecule has 0 radical (unpaired) electrons. The zero-order chi connectivity index (χ0) is 14.2. The van der Waals surface area contributed by atoms with Crippen LogP contribution in [-0.4, -0.2) is 29.9 Å². The Labute approximate surface area is 120 Å². The van der Waals surface area contributed by atoms with E-state index in [1.54, 1.807) is 6.92 Å². The molecule has 1 aromatic rings. The van der Waals surface area contributed by atoms with Crippen LogP contribution < -0.4 is 4.90 Å². The Morgan fingerprint density at radius 2 is 2.16 bits per heavy atom. The van der Waals surface area contributed by atoms with E-state index in [0.29, 0.717) is 5.02 Å². The van der Waals surface area contributed by atoms with E-state index in [9.17, 15) is 5.11 Å². The Kier molecular flexibility index (Phi) is 4.09. The lowest BCUT2D eigenvalue weighted by atomic mass is 10.0. The quantitative estimate of drug-likeness (QED) is 0.903. The summed E-state index contributed by atoms with van der Waals surface area (Å²) in [4.78, 5) is 2.25. The molecule has 1 N–H and O–H groups in total. The number of aliphatic hydroxyl groups excluding tert-OH is 1. The first kappa shape index (κ1) is 14.6. The van der Waals surface area contributed by atoms with Gasteiger partial charge in [-0.3, -0.25) is 0 Å². The van der Waals surface area contributed by atoms with Gasteiger partial charge in [-0.15, -0.1) is 0 Å². The summed E-state index contributed by atoms with van der Waals surface area (Å²) >= 11 is 6.35. The molecule has 1 aliphatic heterocycles. The number of rotatable bonds is 2. The van der Waals surface area contributed by atoms with Gasteiger partial charge in [0.1, 0.15) is 0 Å². The van der Waals surface area contributed by atoms with Crippen LogP contribution in [0, 0.1) is 0 Å². The third-order valence-corrected chi connectivity index (χ3v) is 3.67. The van der Waals surface area contributed by atoms with E-state index in [4.69, 9.17) is 16.3 Å². The highest BCUT2D eigenvalue weighted by molar-refractivity contribution is 6.33. The summed E-state index contributed by atoms with van der Waals surface area (Å²) in [5, 5.41) is 10.3. The molecule has 0 spiro atoms. The third kappa shape index (κ3) is 3.41. The molecule has 1 aliphatic rings. The Bertz CT molecular complexity index is 459. The van der Waals surface area contributed by atoms with Crippen LogP contribution >= 0.6 is 11.6 Å². The minimum absolute atomic E-state index is 0.177. The summed E-state index contributed by atoms with van der Waals surface area (Å²) in [6.45, 7) is 9.64. The maximum atomic E-state index is 9.58. The molecule has 0 saturated carbocycles. The molecule has 1 aromatic carbocycles. The summed E-state index contributed by atoms with van der Waals surface area (Å²) in [7, 11) is 0. The van der Waals surface area contributed by atoms with Crippen molar-refractivity contribution in [3.05, 3.63) is 28.8 Å². The number of morpholine rings is 1. The van der Waals surface area contributed by atoms with E-state index in [-0.39, 0.29) is 11.7 Å². The van der Waals surface area contributed by atoms with E-state index in [1.807, 2.05) is 18.2 Å². The number of ether oxygens (including phenoxy) is 1. The fraction of sp³-hybridized carbons (Fsp3) is 0.600. The van der Waals surface area contributed by atoms with Crippen LogP contribution in [0.25, 0.3) is 0 Å². The number of hydrogen-bond donors (Lipinski definition) is 1. The lowest BCUT2D eigenvalue weighted by molar-refractivity contribution is -0.0749. The van der Waals surface area contributed by atoms with Crippen LogP contribution in [0.5, 0.6) is 0 Å². The van der Waals surface area contributed by atoms with Crippen molar-refractivity contribution in [2.75, 3.05) is 18.0 Å². The predicted molar refractivity (Wildman–Crippen MR) is 78.9 cm³/mol. The van der Waals surface area contributed by atoms with Crippen molar-refractivity contribution in [1.82, 2.24) is 0 Å². The molecule has 1 heterocycles. The van der Waals surface area contributed by atoms with Crippen LogP contribution in [0.2, 0.25) is 5.02 Å². The summed E-state index contributed by atoms with van der Waals surface area (Å²) in [6, 6.07) is 5.76. The third-order valence-electron chi connectivity index (χ3n) is 3.36. The van der Waals surface area contributed by atoms with E-state index < -0.39 is 6.10 Å². The molecule has 3 nitrogen and oxygen atoms in total. The highest BCUT2D eigenvalue weighted by Gasteiger charge is 2.32. The van der Waals surface area contributed by atoms with Gasteiger partial charge in [0, 0.05) is 13.1 Å². The first-order valence-electron chi connectivity index (χ1n) is 6.69. The first-order chi connectivity index (χ1) is 8.78. The Balaban J connectivity index is 2.26. The summed E-state index contributed by atoms with van der Waals surface area (Å²) in [6.07, 6.45) is -0.317. The number of anilines is 1. The Morgan fingerprint density at radius 3 is 2.68 bits per heavy atom. The standard InChI is InChI=1S/C15H22ClNO2/c1-10-8-17(9-15(3,4)19-10)14-6-5-12(11(2)18)7-13(14)16/h5-7,10-11,18H,8-9H2,1-4H3/t10?,11-/m1/s1.